The maximum absolute atomic E-state index is 12.0. The van der Waals surface area contributed by atoms with Crippen LogP contribution in [0.2, 0.25) is 0 Å². The first-order valence-electron chi connectivity index (χ1n) is 9.40. The van der Waals surface area contributed by atoms with Crippen molar-refractivity contribution < 1.29 is 19.2 Å². The molecule has 0 N–H and O–H groups in total. The Kier molecular flexibility index (Phi) is 5.73. The lowest BCUT2D eigenvalue weighted by Gasteiger charge is -2.19. The Balaban J connectivity index is 1.78. The molecule has 1 heterocycles. The quantitative estimate of drug-likeness (QED) is 0.734. The molecule has 0 fully saturated rings. The number of hydrogen-bond donors (Lipinski definition) is 0. The Labute approximate surface area is 169 Å². The van der Waals surface area contributed by atoms with Crippen LogP contribution in [0.1, 0.15) is 37.0 Å². The number of amides is 4. The molecule has 0 radical (unpaired) electrons. The molecule has 0 saturated heterocycles. The molecule has 0 aliphatic carbocycles. The van der Waals surface area contributed by atoms with E-state index >= 15 is 0 Å². The van der Waals surface area contributed by atoms with E-state index in [1.165, 1.54) is 24.0 Å². The zero-order valence-corrected chi connectivity index (χ0v) is 16.6. The highest BCUT2D eigenvalue weighted by atomic mass is 16.2. The molecule has 29 heavy (non-hydrogen) atoms. The predicted molar refractivity (Wildman–Crippen MR) is 111 cm³/mol. The summed E-state index contributed by atoms with van der Waals surface area (Å²) in [6.45, 7) is 4.96. The predicted octanol–water partition coefficient (Wildman–Crippen LogP) is 3.30. The summed E-state index contributed by atoms with van der Waals surface area (Å²) in [5.74, 6) is -1.22. The third kappa shape index (κ3) is 4.16. The number of hydrogen-bond acceptors (Lipinski definition) is 4. The van der Waals surface area contributed by atoms with Crippen molar-refractivity contribution in [3.8, 4) is 0 Å². The highest BCUT2D eigenvalue weighted by molar-refractivity contribution is 6.28. The highest BCUT2D eigenvalue weighted by Crippen LogP contribution is 2.26. The fraction of sp³-hybridized carbons (Fsp3) is 0.217. The molecule has 2 aromatic rings. The lowest BCUT2D eigenvalue weighted by atomic mass is 10.0. The van der Waals surface area contributed by atoms with E-state index in [4.69, 9.17) is 0 Å². The Bertz CT molecular complexity index is 1000. The largest absolute Gasteiger partial charge is 0.274 e. The van der Waals surface area contributed by atoms with Gasteiger partial charge in [0, 0.05) is 25.5 Å². The average Bonchev–Trinajstić information content (AvgIpc) is 3.01. The van der Waals surface area contributed by atoms with E-state index < -0.39 is 0 Å². The summed E-state index contributed by atoms with van der Waals surface area (Å²) in [6, 6.07) is 12.9. The molecule has 3 rings (SSSR count). The molecule has 148 valence electrons. The van der Waals surface area contributed by atoms with E-state index in [-0.39, 0.29) is 30.0 Å². The van der Waals surface area contributed by atoms with Gasteiger partial charge in [-0.05, 0) is 48.2 Å². The number of carbonyl (C=O) groups excluding carboxylic acids is 4. The highest BCUT2D eigenvalue weighted by Gasteiger charge is 2.26. The number of aryl methyl sites for hydroxylation is 1. The number of carbonyl (C=O) groups is 4. The molecule has 6 nitrogen and oxygen atoms in total. The number of anilines is 2. The van der Waals surface area contributed by atoms with Crippen LogP contribution in [0.5, 0.6) is 0 Å². The first-order chi connectivity index (χ1) is 13.8. The van der Waals surface area contributed by atoms with Crippen LogP contribution in [0.3, 0.4) is 0 Å². The van der Waals surface area contributed by atoms with Crippen LogP contribution in [0, 0.1) is 6.92 Å². The van der Waals surface area contributed by atoms with Crippen molar-refractivity contribution in [1.29, 1.82) is 0 Å². The molecule has 0 atom stereocenters. The normalized spacial score (nSPS) is 13.1. The van der Waals surface area contributed by atoms with E-state index in [0.717, 1.165) is 21.6 Å². The minimum Gasteiger partial charge on any atom is -0.274 e. The van der Waals surface area contributed by atoms with Crippen molar-refractivity contribution in [1.82, 2.24) is 0 Å². The smallest absolute Gasteiger partial charge is 0.258 e. The molecule has 0 saturated carbocycles. The summed E-state index contributed by atoms with van der Waals surface area (Å²) in [5.41, 5.74) is 4.01. The van der Waals surface area contributed by atoms with Gasteiger partial charge in [0.25, 0.3) is 11.8 Å². The maximum Gasteiger partial charge on any atom is 0.258 e. The van der Waals surface area contributed by atoms with Gasteiger partial charge in [-0.3, -0.25) is 24.1 Å². The number of benzene rings is 2. The van der Waals surface area contributed by atoms with Crippen LogP contribution in [-0.4, -0.2) is 23.6 Å². The average molecular weight is 390 g/mol. The van der Waals surface area contributed by atoms with Crippen molar-refractivity contribution in [3.63, 3.8) is 0 Å². The molecule has 0 aromatic heterocycles. The van der Waals surface area contributed by atoms with Gasteiger partial charge in [0.2, 0.25) is 11.8 Å². The second kappa shape index (κ2) is 8.22. The Morgan fingerprint density at radius 1 is 0.931 bits per heavy atom. The first kappa shape index (κ1) is 20.2. The van der Waals surface area contributed by atoms with E-state index in [0.29, 0.717) is 17.8 Å². The van der Waals surface area contributed by atoms with Crippen molar-refractivity contribution in [2.45, 2.75) is 33.6 Å². The molecular weight excluding hydrogens is 368 g/mol. The van der Waals surface area contributed by atoms with Gasteiger partial charge in [0.15, 0.2) is 0 Å². The molecule has 0 spiro atoms. The van der Waals surface area contributed by atoms with Gasteiger partial charge in [0.05, 0.1) is 11.4 Å². The van der Waals surface area contributed by atoms with Crippen molar-refractivity contribution in [2.24, 2.45) is 0 Å². The number of rotatable bonds is 5. The summed E-state index contributed by atoms with van der Waals surface area (Å²) in [4.78, 5) is 49.9. The van der Waals surface area contributed by atoms with Crippen LogP contribution in [0.15, 0.2) is 54.6 Å². The maximum atomic E-state index is 12.0. The molecule has 1 aliphatic rings. The minimum absolute atomic E-state index is 0.239. The van der Waals surface area contributed by atoms with Crippen LogP contribution in [0.25, 0.3) is 0 Å². The summed E-state index contributed by atoms with van der Waals surface area (Å²) < 4.78 is 0. The lowest BCUT2D eigenvalue weighted by Crippen LogP contribution is -2.34. The molecule has 4 amide bonds. The molecule has 6 heteroatoms. The summed E-state index contributed by atoms with van der Waals surface area (Å²) >= 11 is 0. The summed E-state index contributed by atoms with van der Waals surface area (Å²) in [7, 11) is 0. The molecule has 1 aliphatic heterocycles. The number of nitrogens with zero attached hydrogens (tertiary/aromatic N) is 2. The van der Waals surface area contributed by atoms with Crippen molar-refractivity contribution >= 4 is 35.0 Å². The molecule has 0 bridgehead atoms. The first-order valence-corrected chi connectivity index (χ1v) is 9.40. The van der Waals surface area contributed by atoms with E-state index in [1.54, 1.807) is 25.1 Å². The second-order valence-electron chi connectivity index (χ2n) is 6.91. The van der Waals surface area contributed by atoms with Crippen molar-refractivity contribution in [3.05, 3.63) is 71.3 Å². The third-order valence-corrected chi connectivity index (χ3v) is 4.78. The fourth-order valence-corrected chi connectivity index (χ4v) is 3.37. The van der Waals surface area contributed by atoms with Gasteiger partial charge in [-0.25, -0.2) is 4.90 Å². The van der Waals surface area contributed by atoms with E-state index in [1.807, 2.05) is 31.2 Å². The third-order valence-electron chi connectivity index (χ3n) is 4.78. The van der Waals surface area contributed by atoms with Gasteiger partial charge in [0.1, 0.15) is 0 Å². The standard InChI is InChI=1S/C23H22N2O4/c1-4-21(27)24(16(3)26)19-8-5-17(6-9-19)14-18-7-10-20(15(2)13-18)25-22(28)11-12-23(25)29/h5-13H,4,14H2,1-3H3. The van der Waals surface area contributed by atoms with Gasteiger partial charge < -0.3 is 0 Å². The van der Waals surface area contributed by atoms with E-state index in [2.05, 4.69) is 0 Å². The Morgan fingerprint density at radius 3 is 2.03 bits per heavy atom. The fourth-order valence-electron chi connectivity index (χ4n) is 3.37. The lowest BCUT2D eigenvalue weighted by molar-refractivity contribution is -0.125. The molecular formula is C23H22N2O4. The summed E-state index contributed by atoms with van der Waals surface area (Å²) in [5, 5.41) is 0. The zero-order chi connectivity index (χ0) is 21.1. The number of imide groups is 2. The topological polar surface area (TPSA) is 74.8 Å². The Morgan fingerprint density at radius 2 is 1.52 bits per heavy atom. The van der Waals surface area contributed by atoms with Gasteiger partial charge in [-0.2, -0.15) is 0 Å². The van der Waals surface area contributed by atoms with Gasteiger partial charge in [-0.15, -0.1) is 0 Å². The minimum atomic E-state index is -0.335. The SMILES string of the molecule is CCC(=O)N(C(C)=O)c1ccc(Cc2ccc(N3C(=O)C=CC3=O)c(C)c2)cc1. The summed E-state index contributed by atoms with van der Waals surface area (Å²) in [6.07, 6.45) is 3.43. The van der Waals surface area contributed by atoms with Crippen molar-refractivity contribution in [2.75, 3.05) is 9.80 Å². The monoisotopic (exact) mass is 390 g/mol. The van der Waals surface area contributed by atoms with E-state index in [9.17, 15) is 19.2 Å². The van der Waals surface area contributed by atoms with Gasteiger partial charge >= 0.3 is 0 Å². The van der Waals surface area contributed by atoms with Crippen LogP contribution >= 0.6 is 0 Å². The van der Waals surface area contributed by atoms with Gasteiger partial charge in [-0.1, -0.05) is 31.2 Å². The van der Waals surface area contributed by atoms with Crippen LogP contribution in [0.4, 0.5) is 11.4 Å². The zero-order valence-electron chi connectivity index (χ0n) is 16.6. The molecule has 2 aromatic carbocycles. The van der Waals surface area contributed by atoms with Crippen LogP contribution < -0.4 is 9.80 Å². The Hall–Kier alpha value is -3.54. The second-order valence-corrected chi connectivity index (χ2v) is 6.91. The van der Waals surface area contributed by atoms with Crippen LogP contribution in [-0.2, 0) is 25.6 Å². The molecule has 0 unspecified atom stereocenters.